The predicted octanol–water partition coefficient (Wildman–Crippen LogP) is 3.34. The fourth-order valence-electron chi connectivity index (χ4n) is 4.40. The van der Waals surface area contributed by atoms with Crippen molar-refractivity contribution in [2.45, 2.75) is 18.4 Å². The van der Waals surface area contributed by atoms with E-state index in [1.165, 1.54) is 7.11 Å². The maximum Gasteiger partial charge on any atom is 0.338 e. The number of likely N-dealkylation sites (tertiary alicyclic amines) is 1. The minimum absolute atomic E-state index is 0.0253. The fraction of sp³-hybridized carbons (Fsp3) is 0.364. The van der Waals surface area contributed by atoms with Crippen LogP contribution in [-0.4, -0.2) is 48.2 Å². The van der Waals surface area contributed by atoms with Crippen LogP contribution in [0.4, 0.5) is 0 Å². The number of methoxy groups -OCH3 is 1. The summed E-state index contributed by atoms with van der Waals surface area (Å²) in [7, 11) is 3.44. The number of hydrogen-bond acceptors (Lipinski definition) is 5. The van der Waals surface area contributed by atoms with E-state index in [-0.39, 0.29) is 5.92 Å². The van der Waals surface area contributed by atoms with Crippen molar-refractivity contribution in [1.29, 1.82) is 0 Å². The van der Waals surface area contributed by atoms with E-state index in [1.54, 1.807) is 24.4 Å². The Morgan fingerprint density at radius 2 is 2.07 bits per heavy atom. The Hall–Kier alpha value is -2.21. The van der Waals surface area contributed by atoms with Crippen LogP contribution in [0.3, 0.4) is 0 Å². The molecule has 0 spiro atoms. The van der Waals surface area contributed by atoms with Gasteiger partial charge in [-0.2, -0.15) is 0 Å². The van der Waals surface area contributed by atoms with Gasteiger partial charge in [-0.05, 0) is 68.4 Å². The van der Waals surface area contributed by atoms with E-state index in [0.717, 1.165) is 31.5 Å². The number of ether oxygens (including phenoxy) is 1. The van der Waals surface area contributed by atoms with Crippen molar-refractivity contribution in [3.8, 4) is 0 Å². The first-order valence-corrected chi connectivity index (χ1v) is 9.79. The van der Waals surface area contributed by atoms with Crippen LogP contribution in [0.25, 0.3) is 11.6 Å². The van der Waals surface area contributed by atoms with Crippen molar-refractivity contribution in [3.63, 3.8) is 0 Å². The molecule has 1 saturated heterocycles. The lowest BCUT2D eigenvalue weighted by Gasteiger charge is -2.41. The summed E-state index contributed by atoms with van der Waals surface area (Å²) in [6.45, 7) is 1.80. The molecule has 146 valence electrons. The largest absolute Gasteiger partial charge is 0.465 e. The van der Waals surface area contributed by atoms with E-state index in [2.05, 4.69) is 16.9 Å². The van der Waals surface area contributed by atoms with E-state index in [1.807, 2.05) is 18.2 Å². The third-order valence-corrected chi connectivity index (χ3v) is 6.13. The Morgan fingerprint density at radius 3 is 2.79 bits per heavy atom. The number of carbonyl (C=O) groups excluding carboxylic acids is 1. The standard InChI is InChI=1S/C22H23ClN2O3/c1-25-10-7-15(8-11-25)22(27)19-6-5-16(23)13-17(19)18(21(26)28-2)12-14-4-3-9-24-20(14)22/h3-6,9,12-13,15,27H,7-8,10-11H2,1-2H3. The minimum Gasteiger partial charge on any atom is -0.465 e. The highest BCUT2D eigenvalue weighted by Crippen LogP contribution is 2.47. The molecule has 0 radical (unpaired) electrons. The van der Waals surface area contributed by atoms with Gasteiger partial charge in [-0.3, -0.25) is 4.98 Å². The number of piperidine rings is 1. The Kier molecular flexibility index (Phi) is 5.00. The zero-order chi connectivity index (χ0) is 19.9. The Morgan fingerprint density at radius 1 is 1.32 bits per heavy atom. The molecule has 1 aromatic carbocycles. The van der Waals surface area contributed by atoms with Crippen molar-refractivity contribution in [2.75, 3.05) is 27.2 Å². The second-order valence-corrected chi connectivity index (χ2v) is 7.96. The van der Waals surface area contributed by atoms with E-state index in [4.69, 9.17) is 16.3 Å². The molecule has 1 fully saturated rings. The summed E-state index contributed by atoms with van der Waals surface area (Å²) in [4.78, 5) is 19.4. The molecule has 0 saturated carbocycles. The maximum absolute atomic E-state index is 12.6. The molecular formula is C22H23ClN2O3. The van der Waals surface area contributed by atoms with E-state index in [0.29, 0.717) is 27.4 Å². The van der Waals surface area contributed by atoms with Gasteiger partial charge in [-0.25, -0.2) is 4.79 Å². The van der Waals surface area contributed by atoms with Crippen LogP contribution in [0.5, 0.6) is 0 Å². The second kappa shape index (κ2) is 7.32. The van der Waals surface area contributed by atoms with Gasteiger partial charge in [-0.1, -0.05) is 23.7 Å². The number of fused-ring (bicyclic) bond motifs is 2. The number of rotatable bonds is 2. The molecule has 0 amide bonds. The highest BCUT2D eigenvalue weighted by atomic mass is 35.5. The summed E-state index contributed by atoms with van der Waals surface area (Å²) in [5, 5.41) is 12.7. The SMILES string of the molecule is COC(=O)C1=Cc2cccnc2C(O)(C2CCN(C)CC2)c2ccc(Cl)cc21. The lowest BCUT2D eigenvalue weighted by atomic mass is 9.72. The van der Waals surface area contributed by atoms with Crippen LogP contribution < -0.4 is 0 Å². The van der Waals surface area contributed by atoms with Gasteiger partial charge in [0, 0.05) is 22.7 Å². The number of nitrogens with zero attached hydrogens (tertiary/aromatic N) is 2. The Balaban J connectivity index is 2.00. The molecule has 1 unspecified atom stereocenters. The molecule has 1 N–H and O–H groups in total. The average molecular weight is 399 g/mol. The van der Waals surface area contributed by atoms with Gasteiger partial charge in [0.25, 0.3) is 0 Å². The summed E-state index contributed by atoms with van der Waals surface area (Å²) in [5.74, 6) is -0.492. The number of aromatic nitrogens is 1. The molecule has 0 bridgehead atoms. The molecule has 6 heteroatoms. The maximum atomic E-state index is 12.6. The lowest BCUT2D eigenvalue weighted by molar-refractivity contribution is -0.133. The van der Waals surface area contributed by atoms with Gasteiger partial charge in [0.15, 0.2) is 0 Å². The number of hydrogen-bond donors (Lipinski definition) is 1. The minimum atomic E-state index is -1.32. The molecule has 4 rings (SSSR count). The van der Waals surface area contributed by atoms with Gasteiger partial charge in [0.05, 0.1) is 18.4 Å². The third kappa shape index (κ3) is 3.04. The quantitative estimate of drug-likeness (QED) is 0.786. The number of aliphatic hydroxyl groups is 1. The summed E-state index contributed by atoms with van der Waals surface area (Å²) in [6.07, 6.45) is 5.10. The zero-order valence-corrected chi connectivity index (χ0v) is 16.7. The molecule has 1 aliphatic heterocycles. The first kappa shape index (κ1) is 19.1. The predicted molar refractivity (Wildman–Crippen MR) is 109 cm³/mol. The van der Waals surface area contributed by atoms with Crippen LogP contribution in [0.2, 0.25) is 5.02 Å². The van der Waals surface area contributed by atoms with E-state index in [9.17, 15) is 9.90 Å². The number of benzene rings is 1. The monoisotopic (exact) mass is 398 g/mol. The molecule has 1 aliphatic carbocycles. The van der Waals surface area contributed by atoms with Crippen LogP contribution in [0.15, 0.2) is 36.5 Å². The molecule has 5 nitrogen and oxygen atoms in total. The summed E-state index contributed by atoms with van der Waals surface area (Å²) < 4.78 is 5.03. The zero-order valence-electron chi connectivity index (χ0n) is 16.0. The van der Waals surface area contributed by atoms with E-state index >= 15 is 0 Å². The van der Waals surface area contributed by atoms with Crippen molar-refractivity contribution in [1.82, 2.24) is 9.88 Å². The number of halogens is 1. The molecule has 1 aromatic heterocycles. The van der Waals surface area contributed by atoms with Crippen LogP contribution >= 0.6 is 11.6 Å². The number of carbonyl (C=O) groups is 1. The molecule has 1 atom stereocenters. The molecule has 28 heavy (non-hydrogen) atoms. The molecule has 2 aromatic rings. The normalized spacial score (nSPS) is 22.6. The van der Waals surface area contributed by atoms with Crippen LogP contribution in [-0.2, 0) is 15.1 Å². The smallest absolute Gasteiger partial charge is 0.338 e. The van der Waals surface area contributed by atoms with Crippen molar-refractivity contribution in [2.24, 2.45) is 5.92 Å². The summed E-state index contributed by atoms with van der Waals surface area (Å²) in [5.41, 5.74) is 1.60. The first-order valence-electron chi connectivity index (χ1n) is 9.42. The molecule has 2 aliphatic rings. The Labute approximate surface area is 169 Å². The molecule has 2 heterocycles. The van der Waals surface area contributed by atoms with Crippen molar-refractivity contribution in [3.05, 3.63) is 63.9 Å². The summed E-state index contributed by atoms with van der Waals surface area (Å²) >= 11 is 6.27. The van der Waals surface area contributed by atoms with Gasteiger partial charge < -0.3 is 14.7 Å². The van der Waals surface area contributed by atoms with Crippen LogP contribution in [0.1, 0.15) is 35.2 Å². The highest BCUT2D eigenvalue weighted by molar-refractivity contribution is 6.31. The summed E-state index contributed by atoms with van der Waals surface area (Å²) in [6, 6.07) is 8.98. The van der Waals surface area contributed by atoms with Crippen molar-refractivity contribution >= 4 is 29.2 Å². The van der Waals surface area contributed by atoms with Crippen LogP contribution in [0, 0.1) is 5.92 Å². The second-order valence-electron chi connectivity index (χ2n) is 7.52. The fourth-order valence-corrected chi connectivity index (χ4v) is 4.58. The van der Waals surface area contributed by atoms with Gasteiger partial charge in [-0.15, -0.1) is 0 Å². The van der Waals surface area contributed by atoms with Gasteiger partial charge >= 0.3 is 5.97 Å². The molecular weight excluding hydrogens is 376 g/mol. The van der Waals surface area contributed by atoms with Gasteiger partial charge in [0.2, 0.25) is 0 Å². The average Bonchev–Trinajstić information content (AvgIpc) is 2.81. The highest BCUT2D eigenvalue weighted by Gasteiger charge is 2.46. The van der Waals surface area contributed by atoms with Crippen molar-refractivity contribution < 1.29 is 14.6 Å². The first-order chi connectivity index (χ1) is 13.4. The third-order valence-electron chi connectivity index (χ3n) is 5.90. The van der Waals surface area contributed by atoms with Gasteiger partial charge in [0.1, 0.15) is 5.60 Å². The topological polar surface area (TPSA) is 62.7 Å². The Bertz CT molecular complexity index is 951. The van der Waals surface area contributed by atoms with E-state index < -0.39 is 11.6 Å². The lowest BCUT2D eigenvalue weighted by Crippen LogP contribution is -2.44. The number of esters is 1. The number of pyridine rings is 1.